The molecule has 0 N–H and O–H groups in total. The minimum Gasteiger partial charge on any atom is -0.854 e. The van der Waals surface area contributed by atoms with Gasteiger partial charge in [-0.25, -0.2) is 9.88 Å². The molecule has 1 aromatic heterocycles. The Hall–Kier alpha value is -2.95. The van der Waals surface area contributed by atoms with Crippen molar-refractivity contribution in [3.8, 4) is 22.9 Å². The molecule has 1 atom stereocenters. The van der Waals surface area contributed by atoms with Gasteiger partial charge in [0.25, 0.3) is 17.0 Å². The lowest BCUT2D eigenvalue weighted by Gasteiger charge is -2.33. The van der Waals surface area contributed by atoms with E-state index in [9.17, 15) is 9.90 Å². The molecule has 2 heterocycles. The number of thioether (sulfide) groups is 1. The number of halogens is 2. The average Bonchev–Trinajstić information content (AvgIpc) is 2.87. The third-order valence-electron chi connectivity index (χ3n) is 5.78. The van der Waals surface area contributed by atoms with Crippen molar-refractivity contribution in [1.82, 2.24) is 10.1 Å². The van der Waals surface area contributed by atoms with Crippen LogP contribution in [0, 0.1) is 0 Å². The summed E-state index contributed by atoms with van der Waals surface area (Å²) in [7, 11) is 0. The number of hydrogen-bond donors (Lipinski definition) is 0. The molecule has 0 saturated carbocycles. The second-order valence-corrected chi connectivity index (χ2v) is 10.6. The van der Waals surface area contributed by atoms with E-state index in [0.29, 0.717) is 44.5 Å². The Morgan fingerprint density at radius 1 is 1.14 bits per heavy atom. The van der Waals surface area contributed by atoms with E-state index in [1.165, 1.54) is 18.7 Å². The van der Waals surface area contributed by atoms with Crippen LogP contribution in [0.1, 0.15) is 24.2 Å². The molecule has 5 rings (SSSR count). The van der Waals surface area contributed by atoms with Gasteiger partial charge in [0, 0.05) is 16.5 Å². The molecular formula is C26H20Br2N4O3S. The van der Waals surface area contributed by atoms with Crippen molar-refractivity contribution >= 4 is 55.2 Å². The van der Waals surface area contributed by atoms with E-state index in [0.717, 1.165) is 10.0 Å². The van der Waals surface area contributed by atoms with Gasteiger partial charge in [0.2, 0.25) is 5.91 Å². The molecule has 0 aliphatic carbocycles. The summed E-state index contributed by atoms with van der Waals surface area (Å²) in [4.78, 5) is 19.0. The molecule has 1 aliphatic heterocycles. The number of fused-ring (bicyclic) bond motifs is 3. The van der Waals surface area contributed by atoms with E-state index >= 15 is 0 Å². The van der Waals surface area contributed by atoms with Crippen LogP contribution < -0.4 is 19.4 Å². The maximum Gasteiger partial charge on any atom is 0.296 e. The third kappa shape index (κ3) is 4.49. The molecule has 0 fully saturated rings. The van der Waals surface area contributed by atoms with E-state index < -0.39 is 12.0 Å². The van der Waals surface area contributed by atoms with Gasteiger partial charge in [0.1, 0.15) is 12.4 Å². The largest absolute Gasteiger partial charge is 0.854 e. The molecule has 1 aliphatic rings. The predicted molar refractivity (Wildman–Crippen MR) is 143 cm³/mol. The molecule has 0 radical (unpaired) electrons. The van der Waals surface area contributed by atoms with Crippen LogP contribution in [0.3, 0.4) is 0 Å². The van der Waals surface area contributed by atoms with Crippen molar-refractivity contribution in [2.45, 2.75) is 24.9 Å². The molecule has 0 spiro atoms. The van der Waals surface area contributed by atoms with Crippen molar-refractivity contribution < 1.29 is 19.3 Å². The number of carbonyl (C=O) groups is 1. The van der Waals surface area contributed by atoms with Gasteiger partial charge < -0.3 is 9.84 Å². The lowest BCUT2D eigenvalue weighted by Crippen LogP contribution is -2.58. The fourth-order valence-corrected chi connectivity index (χ4v) is 6.01. The van der Waals surface area contributed by atoms with Gasteiger partial charge in [-0.05, 0) is 52.0 Å². The van der Waals surface area contributed by atoms with Crippen molar-refractivity contribution in [3.63, 3.8) is 0 Å². The Morgan fingerprint density at radius 3 is 2.58 bits per heavy atom. The minimum atomic E-state index is -0.784. The van der Waals surface area contributed by atoms with Gasteiger partial charge >= 0.3 is 0 Å². The van der Waals surface area contributed by atoms with Gasteiger partial charge in [-0.15, -0.1) is 0 Å². The van der Waals surface area contributed by atoms with Crippen molar-refractivity contribution in [2.24, 2.45) is 0 Å². The van der Waals surface area contributed by atoms with E-state index in [1.807, 2.05) is 60.7 Å². The number of hydrogen-bond acceptors (Lipinski definition) is 6. The van der Waals surface area contributed by atoms with E-state index in [4.69, 9.17) is 4.74 Å². The summed E-state index contributed by atoms with van der Waals surface area (Å²) in [5.41, 5.74) is 3.18. The first-order valence-corrected chi connectivity index (χ1v) is 13.8. The summed E-state index contributed by atoms with van der Waals surface area (Å²) in [6.45, 7) is 1.82. The molecule has 7 nitrogen and oxygen atoms in total. The van der Waals surface area contributed by atoms with Crippen LogP contribution in [-0.4, -0.2) is 22.2 Å². The van der Waals surface area contributed by atoms with E-state index in [1.54, 1.807) is 21.9 Å². The number of nitrogens with zero attached hydrogens (tertiary/aromatic N) is 4. The second-order valence-electron chi connectivity index (χ2n) is 8.06. The number of ether oxygens (including phenoxy) is 1. The summed E-state index contributed by atoms with van der Waals surface area (Å²) in [6.07, 6.45) is 1.02. The number of aromatic nitrogens is 3. The Bertz CT molecular complexity index is 1470. The second kappa shape index (κ2) is 10.2. The predicted octanol–water partition coefficient (Wildman–Crippen LogP) is 5.24. The fraction of sp³-hybridized carbons (Fsp3) is 0.154. The van der Waals surface area contributed by atoms with Crippen LogP contribution in [-0.2, 0) is 11.4 Å². The Morgan fingerprint density at radius 2 is 1.86 bits per heavy atom. The zero-order valence-corrected chi connectivity index (χ0v) is 23.3. The van der Waals surface area contributed by atoms with Gasteiger partial charge in [0.05, 0.1) is 27.2 Å². The number of rotatable bonds is 5. The first-order chi connectivity index (χ1) is 17.4. The lowest BCUT2D eigenvalue weighted by atomic mass is 10.0. The van der Waals surface area contributed by atoms with Crippen LogP contribution in [0.5, 0.6) is 11.6 Å². The highest BCUT2D eigenvalue weighted by molar-refractivity contribution is 9.11. The average molecular weight is 628 g/mol. The third-order valence-corrected chi connectivity index (χ3v) is 7.37. The normalized spacial score (nSPS) is 14.2. The highest BCUT2D eigenvalue weighted by Gasteiger charge is 2.45. The first-order valence-electron chi connectivity index (χ1n) is 11.0. The molecule has 4 aromatic rings. The van der Waals surface area contributed by atoms with Gasteiger partial charge in [-0.2, -0.15) is 0 Å². The molecule has 36 heavy (non-hydrogen) atoms. The Balaban J connectivity index is 1.76. The van der Waals surface area contributed by atoms with Crippen LogP contribution in [0.25, 0.3) is 11.3 Å². The zero-order valence-electron chi connectivity index (χ0n) is 19.3. The monoisotopic (exact) mass is 626 g/mol. The van der Waals surface area contributed by atoms with Gasteiger partial charge in [-0.1, -0.05) is 74.8 Å². The minimum absolute atomic E-state index is 0.201. The first kappa shape index (κ1) is 24.7. The number of benzene rings is 3. The van der Waals surface area contributed by atoms with E-state index in [2.05, 4.69) is 41.9 Å². The van der Waals surface area contributed by atoms with Gasteiger partial charge in [-0.3, -0.25) is 4.79 Å². The van der Waals surface area contributed by atoms with Crippen LogP contribution >= 0.6 is 43.6 Å². The number of para-hydroxylation sites is 1. The summed E-state index contributed by atoms with van der Waals surface area (Å²) in [5.74, 6) is -0.0591. The molecule has 1 amide bonds. The smallest absolute Gasteiger partial charge is 0.296 e. The number of anilines is 1. The Kier molecular flexibility index (Phi) is 7.00. The zero-order chi connectivity index (χ0) is 25.4. The number of carbonyl (C=O) groups excluding carboxylic acids is 1. The van der Waals surface area contributed by atoms with Gasteiger partial charge in [0.15, 0.2) is 0 Å². The molecular weight excluding hydrogens is 608 g/mol. The number of amides is 1. The maximum atomic E-state index is 13.3. The van der Waals surface area contributed by atoms with Crippen molar-refractivity contribution in [2.75, 3.05) is 11.2 Å². The molecule has 1 unspecified atom stereocenters. The highest BCUT2D eigenvalue weighted by atomic mass is 79.9. The topological polar surface area (TPSA) is 82.3 Å². The quantitative estimate of drug-likeness (QED) is 0.222. The van der Waals surface area contributed by atoms with Crippen LogP contribution in [0.15, 0.2) is 80.8 Å². The standard InChI is InChI=1S/C26H20Br2N4O3S/c1-15(33)31-21-11-7-6-10-18(21)22-24(34)29-26(36-2)30-32(22)25(31)19-12-17(27)13-20(28)23(19)35-14-16-8-4-3-5-9-16/h3-13,25H,14H2,1-2H3. The Labute approximate surface area is 229 Å². The van der Waals surface area contributed by atoms with Crippen molar-refractivity contribution in [1.29, 1.82) is 0 Å². The van der Waals surface area contributed by atoms with Crippen LogP contribution in [0.4, 0.5) is 5.69 Å². The van der Waals surface area contributed by atoms with E-state index in [-0.39, 0.29) is 5.91 Å². The molecule has 182 valence electrons. The molecule has 0 bridgehead atoms. The summed E-state index contributed by atoms with van der Waals surface area (Å²) >= 11 is 8.49. The SMILES string of the molecule is CSc1nc([O-])c2[n+](n1)C(c1cc(Br)cc(Br)c1OCc1ccccc1)N(C(C)=O)c1ccccc1-2. The van der Waals surface area contributed by atoms with Crippen LogP contribution in [0.2, 0.25) is 0 Å². The molecule has 0 saturated heterocycles. The summed E-state index contributed by atoms with van der Waals surface area (Å²) < 4.78 is 9.41. The van der Waals surface area contributed by atoms with Crippen molar-refractivity contribution in [3.05, 3.63) is 86.8 Å². The highest BCUT2D eigenvalue weighted by Crippen LogP contribution is 2.45. The fourth-order valence-electron chi connectivity index (χ4n) is 4.30. The molecule has 10 heteroatoms. The lowest BCUT2D eigenvalue weighted by molar-refractivity contribution is -0.764. The summed E-state index contributed by atoms with van der Waals surface area (Å²) in [6, 6.07) is 20.9. The molecule has 3 aromatic carbocycles. The summed E-state index contributed by atoms with van der Waals surface area (Å²) in [5, 5.41) is 18.3. The maximum absolute atomic E-state index is 13.3.